The number of nitrogens with one attached hydrogen (secondary N) is 2. The third kappa shape index (κ3) is 6.98. The predicted molar refractivity (Wildman–Crippen MR) is 114 cm³/mol. The molecule has 1 saturated heterocycles. The number of rotatable bonds is 9. The van der Waals surface area contributed by atoms with E-state index in [1.54, 1.807) is 11.4 Å². The van der Waals surface area contributed by atoms with E-state index in [2.05, 4.69) is 15.6 Å². The summed E-state index contributed by atoms with van der Waals surface area (Å²) in [7, 11) is -1.34. The minimum absolute atomic E-state index is 0.235. The SMILES string of the molecule is CCCS(=O)(=O)N1CCC(NC(=NC)NCCCOc2ccccc2C)CC1. The lowest BCUT2D eigenvalue weighted by atomic mass is 10.1. The third-order valence-electron chi connectivity index (χ3n) is 4.84. The highest BCUT2D eigenvalue weighted by molar-refractivity contribution is 7.89. The van der Waals surface area contributed by atoms with Gasteiger partial charge in [-0.3, -0.25) is 4.99 Å². The highest BCUT2D eigenvalue weighted by Gasteiger charge is 2.27. The molecule has 0 saturated carbocycles. The van der Waals surface area contributed by atoms with Crippen LogP contribution in [0.5, 0.6) is 5.75 Å². The first-order valence-corrected chi connectivity index (χ1v) is 11.7. The lowest BCUT2D eigenvalue weighted by molar-refractivity contribution is 0.303. The second-order valence-electron chi connectivity index (χ2n) is 7.10. The summed E-state index contributed by atoms with van der Waals surface area (Å²) in [6, 6.07) is 8.24. The van der Waals surface area contributed by atoms with Crippen molar-refractivity contribution in [2.75, 3.05) is 39.0 Å². The monoisotopic (exact) mass is 410 g/mol. The number of aryl methyl sites for hydroxylation is 1. The van der Waals surface area contributed by atoms with Crippen LogP contribution in [0, 0.1) is 6.92 Å². The standard InChI is InChI=1S/C20H34N4O3S/c1-4-16-28(25,26)24-13-10-18(11-14-24)23-20(21-3)22-12-7-15-27-19-9-6-5-8-17(19)2/h5-6,8-9,18H,4,7,10-16H2,1-3H3,(H2,21,22,23). The lowest BCUT2D eigenvalue weighted by Gasteiger charge is -2.32. The fourth-order valence-electron chi connectivity index (χ4n) is 3.23. The quantitative estimate of drug-likeness (QED) is 0.370. The molecule has 0 unspecified atom stereocenters. The minimum Gasteiger partial charge on any atom is -0.493 e. The molecule has 1 aromatic carbocycles. The number of sulfonamides is 1. The van der Waals surface area contributed by atoms with Gasteiger partial charge < -0.3 is 15.4 Å². The number of piperidine rings is 1. The minimum atomic E-state index is -3.09. The summed E-state index contributed by atoms with van der Waals surface area (Å²) in [6.07, 6.45) is 3.10. The van der Waals surface area contributed by atoms with Crippen LogP contribution in [0.3, 0.4) is 0 Å². The van der Waals surface area contributed by atoms with Crippen LogP contribution in [0.25, 0.3) is 0 Å². The van der Waals surface area contributed by atoms with Crippen LogP contribution in [0.15, 0.2) is 29.3 Å². The van der Waals surface area contributed by atoms with Crippen molar-refractivity contribution in [3.8, 4) is 5.75 Å². The molecule has 2 N–H and O–H groups in total. The van der Waals surface area contributed by atoms with Gasteiger partial charge in [0.2, 0.25) is 10.0 Å². The Hall–Kier alpha value is -1.80. The van der Waals surface area contributed by atoms with Crippen LogP contribution in [0.1, 0.15) is 38.2 Å². The van der Waals surface area contributed by atoms with Gasteiger partial charge in [-0.15, -0.1) is 0 Å². The number of para-hydroxylation sites is 1. The molecular weight excluding hydrogens is 376 g/mol. The molecule has 2 rings (SSSR count). The molecule has 8 heteroatoms. The number of benzene rings is 1. The van der Waals surface area contributed by atoms with E-state index in [-0.39, 0.29) is 11.8 Å². The van der Waals surface area contributed by atoms with Gasteiger partial charge in [0.25, 0.3) is 0 Å². The molecule has 1 aliphatic heterocycles. The molecule has 1 aliphatic rings. The van der Waals surface area contributed by atoms with Crippen molar-refractivity contribution in [2.24, 2.45) is 4.99 Å². The van der Waals surface area contributed by atoms with Gasteiger partial charge in [-0.1, -0.05) is 25.1 Å². The Kier molecular flexibility index (Phi) is 9.05. The number of guanidine groups is 1. The van der Waals surface area contributed by atoms with Crippen molar-refractivity contribution in [3.05, 3.63) is 29.8 Å². The molecule has 0 spiro atoms. The highest BCUT2D eigenvalue weighted by Crippen LogP contribution is 2.16. The third-order valence-corrected chi connectivity index (χ3v) is 6.91. The van der Waals surface area contributed by atoms with Crippen LogP contribution in [0.4, 0.5) is 0 Å². The number of hydrogen-bond donors (Lipinski definition) is 2. The molecule has 158 valence electrons. The second-order valence-corrected chi connectivity index (χ2v) is 9.19. The van der Waals surface area contributed by atoms with Gasteiger partial charge in [-0.05, 0) is 44.2 Å². The molecule has 0 atom stereocenters. The summed E-state index contributed by atoms with van der Waals surface area (Å²) >= 11 is 0. The van der Waals surface area contributed by atoms with E-state index in [0.717, 1.165) is 43.1 Å². The maximum Gasteiger partial charge on any atom is 0.214 e. The van der Waals surface area contributed by atoms with Gasteiger partial charge in [-0.2, -0.15) is 0 Å². The second kappa shape index (κ2) is 11.3. The van der Waals surface area contributed by atoms with Crippen molar-refractivity contribution in [2.45, 2.75) is 45.6 Å². The van der Waals surface area contributed by atoms with E-state index in [4.69, 9.17) is 4.74 Å². The molecular formula is C20H34N4O3S. The zero-order valence-electron chi connectivity index (χ0n) is 17.3. The maximum absolute atomic E-state index is 12.2. The molecule has 1 heterocycles. The van der Waals surface area contributed by atoms with E-state index in [1.807, 2.05) is 38.1 Å². The first kappa shape index (κ1) is 22.5. The average molecular weight is 411 g/mol. The molecule has 1 aromatic rings. The number of aliphatic imine (C=N–C) groups is 1. The zero-order chi connectivity index (χ0) is 20.4. The van der Waals surface area contributed by atoms with Crippen LogP contribution >= 0.6 is 0 Å². The summed E-state index contributed by atoms with van der Waals surface area (Å²) < 4.78 is 31.7. The highest BCUT2D eigenvalue weighted by atomic mass is 32.2. The van der Waals surface area contributed by atoms with Gasteiger partial charge in [-0.25, -0.2) is 12.7 Å². The molecule has 7 nitrogen and oxygen atoms in total. The van der Waals surface area contributed by atoms with Crippen molar-refractivity contribution in [1.29, 1.82) is 0 Å². The molecule has 0 amide bonds. The Labute approximate surface area is 169 Å². The largest absolute Gasteiger partial charge is 0.493 e. The zero-order valence-corrected chi connectivity index (χ0v) is 18.1. The predicted octanol–water partition coefficient (Wildman–Crippen LogP) is 2.13. The number of nitrogens with zero attached hydrogens (tertiary/aromatic N) is 2. The van der Waals surface area contributed by atoms with Gasteiger partial charge in [0.15, 0.2) is 5.96 Å². The molecule has 0 aliphatic carbocycles. The van der Waals surface area contributed by atoms with Gasteiger partial charge >= 0.3 is 0 Å². The van der Waals surface area contributed by atoms with Crippen molar-refractivity contribution in [1.82, 2.24) is 14.9 Å². The Morgan fingerprint density at radius 2 is 2.00 bits per heavy atom. The van der Waals surface area contributed by atoms with E-state index in [0.29, 0.717) is 26.1 Å². The fourth-order valence-corrected chi connectivity index (χ4v) is 4.77. The summed E-state index contributed by atoms with van der Waals surface area (Å²) in [5.41, 5.74) is 1.14. The summed E-state index contributed by atoms with van der Waals surface area (Å²) in [5, 5.41) is 6.71. The van der Waals surface area contributed by atoms with E-state index < -0.39 is 10.0 Å². The number of hydrogen-bond acceptors (Lipinski definition) is 4. The lowest BCUT2D eigenvalue weighted by Crippen LogP contribution is -2.50. The first-order chi connectivity index (χ1) is 13.5. The molecule has 0 aromatic heterocycles. The van der Waals surface area contributed by atoms with E-state index in [1.165, 1.54) is 0 Å². The van der Waals surface area contributed by atoms with Crippen LogP contribution < -0.4 is 15.4 Å². The van der Waals surface area contributed by atoms with Gasteiger partial charge in [0.1, 0.15) is 5.75 Å². The number of ether oxygens (including phenoxy) is 1. The summed E-state index contributed by atoms with van der Waals surface area (Å²) in [5.74, 6) is 1.92. The summed E-state index contributed by atoms with van der Waals surface area (Å²) in [4.78, 5) is 4.27. The molecule has 0 bridgehead atoms. The van der Waals surface area contributed by atoms with Crippen molar-refractivity contribution < 1.29 is 13.2 Å². The molecule has 28 heavy (non-hydrogen) atoms. The van der Waals surface area contributed by atoms with E-state index in [9.17, 15) is 8.42 Å². The van der Waals surface area contributed by atoms with Crippen LogP contribution in [-0.2, 0) is 10.0 Å². The summed E-state index contributed by atoms with van der Waals surface area (Å²) in [6.45, 7) is 6.48. The maximum atomic E-state index is 12.2. The Morgan fingerprint density at radius 3 is 2.64 bits per heavy atom. The van der Waals surface area contributed by atoms with Crippen molar-refractivity contribution in [3.63, 3.8) is 0 Å². The first-order valence-electron chi connectivity index (χ1n) is 10.1. The average Bonchev–Trinajstić information content (AvgIpc) is 2.68. The van der Waals surface area contributed by atoms with Gasteiger partial charge in [0.05, 0.1) is 12.4 Å². The molecule has 1 fully saturated rings. The van der Waals surface area contributed by atoms with Gasteiger partial charge in [0, 0.05) is 32.7 Å². The fraction of sp³-hybridized carbons (Fsp3) is 0.650. The topological polar surface area (TPSA) is 83.0 Å². The Morgan fingerprint density at radius 1 is 1.29 bits per heavy atom. The molecule has 0 radical (unpaired) electrons. The van der Waals surface area contributed by atoms with Crippen molar-refractivity contribution >= 4 is 16.0 Å². The normalized spacial score (nSPS) is 16.8. The van der Waals surface area contributed by atoms with Crippen LogP contribution in [-0.4, -0.2) is 63.8 Å². The van der Waals surface area contributed by atoms with E-state index >= 15 is 0 Å². The Balaban J connectivity index is 1.66. The smallest absolute Gasteiger partial charge is 0.214 e. The van der Waals surface area contributed by atoms with Crippen LogP contribution in [0.2, 0.25) is 0 Å². The Bertz CT molecular complexity index is 729.